The maximum Gasteiger partial charge on any atom is 0.234 e. The van der Waals surface area contributed by atoms with Crippen LogP contribution in [0.2, 0.25) is 0 Å². The zero-order valence-electron chi connectivity index (χ0n) is 16.9. The molecule has 0 aliphatic rings. The molecule has 0 aliphatic carbocycles. The average Bonchev–Trinajstić information content (AvgIpc) is 2.64. The Morgan fingerprint density at radius 2 is 1.68 bits per heavy atom. The fraction of sp³-hybridized carbons (Fsp3) is 0.364. The predicted molar refractivity (Wildman–Crippen MR) is 123 cm³/mol. The molecule has 150 valence electrons. The summed E-state index contributed by atoms with van der Waals surface area (Å²) in [6.07, 6.45) is 3.21. The highest BCUT2D eigenvalue weighted by Gasteiger charge is 2.09. The Morgan fingerprint density at radius 3 is 2.36 bits per heavy atom. The van der Waals surface area contributed by atoms with Gasteiger partial charge in [0.15, 0.2) is 0 Å². The predicted octanol–water partition coefficient (Wildman–Crippen LogP) is 5.42. The van der Waals surface area contributed by atoms with Crippen LogP contribution >= 0.6 is 23.5 Å². The fourth-order valence-corrected chi connectivity index (χ4v) is 4.19. The van der Waals surface area contributed by atoms with E-state index in [1.54, 1.807) is 23.5 Å². The van der Waals surface area contributed by atoms with Crippen LogP contribution in [-0.4, -0.2) is 29.6 Å². The summed E-state index contributed by atoms with van der Waals surface area (Å²) < 4.78 is 0. The molecule has 0 heterocycles. The van der Waals surface area contributed by atoms with Gasteiger partial charge in [-0.3, -0.25) is 9.59 Å². The third-order valence-corrected chi connectivity index (χ3v) is 5.99. The lowest BCUT2D eigenvalue weighted by Gasteiger charge is -2.12. The van der Waals surface area contributed by atoms with Gasteiger partial charge in [0.25, 0.3) is 0 Å². The first kappa shape index (κ1) is 22.4. The van der Waals surface area contributed by atoms with Crippen LogP contribution in [0.3, 0.4) is 0 Å². The zero-order valence-corrected chi connectivity index (χ0v) is 18.6. The zero-order chi connectivity index (χ0) is 20.5. The minimum atomic E-state index is -0.0152. The van der Waals surface area contributed by atoms with E-state index in [4.69, 9.17) is 0 Å². The summed E-state index contributed by atoms with van der Waals surface area (Å²) in [5.41, 5.74) is 5.10. The van der Waals surface area contributed by atoms with E-state index in [9.17, 15) is 9.59 Å². The van der Waals surface area contributed by atoms with Gasteiger partial charge < -0.3 is 10.6 Å². The van der Waals surface area contributed by atoms with E-state index in [1.807, 2.05) is 44.4 Å². The van der Waals surface area contributed by atoms with Gasteiger partial charge in [-0.1, -0.05) is 23.8 Å². The minimum absolute atomic E-state index is 0.0152. The van der Waals surface area contributed by atoms with Crippen molar-refractivity contribution in [2.75, 3.05) is 28.4 Å². The number of nitrogens with one attached hydrogen (secondary N) is 2. The summed E-state index contributed by atoms with van der Waals surface area (Å²) in [6.45, 7) is 6.08. The number of rotatable bonds is 9. The molecule has 0 bridgehead atoms. The molecule has 2 aromatic rings. The summed E-state index contributed by atoms with van der Waals surface area (Å²) in [5.74, 6) is 1.17. The summed E-state index contributed by atoms with van der Waals surface area (Å²) in [6, 6.07) is 12.0. The molecule has 0 spiro atoms. The lowest BCUT2D eigenvalue weighted by atomic mass is 10.0. The maximum absolute atomic E-state index is 12.2. The van der Waals surface area contributed by atoms with Crippen molar-refractivity contribution in [1.82, 2.24) is 0 Å². The molecule has 2 N–H and O–H groups in total. The summed E-state index contributed by atoms with van der Waals surface area (Å²) in [4.78, 5) is 25.4. The number of carbonyl (C=O) groups is 2. The molecule has 28 heavy (non-hydrogen) atoms. The van der Waals surface area contributed by atoms with E-state index in [1.165, 1.54) is 5.56 Å². The van der Waals surface area contributed by atoms with Gasteiger partial charge in [-0.25, -0.2) is 0 Å². The number of thioether (sulfide) groups is 2. The van der Waals surface area contributed by atoms with Crippen molar-refractivity contribution >= 4 is 46.7 Å². The standard InChI is InChI=1S/C22H28N2O2S2/c1-15-11-16(2)22(17(3)12-15)24-20(25)9-6-10-28-14-21(26)23-18-7-5-8-19(13-18)27-4/h5,7-8,11-13H,6,9-10,14H2,1-4H3,(H,23,26)(H,24,25). The quantitative estimate of drug-likeness (QED) is 0.423. The van der Waals surface area contributed by atoms with Gasteiger partial charge in [0, 0.05) is 22.7 Å². The Labute approximate surface area is 176 Å². The van der Waals surface area contributed by atoms with Crippen molar-refractivity contribution in [3.8, 4) is 0 Å². The van der Waals surface area contributed by atoms with Gasteiger partial charge >= 0.3 is 0 Å². The van der Waals surface area contributed by atoms with Crippen molar-refractivity contribution in [2.24, 2.45) is 0 Å². The highest BCUT2D eigenvalue weighted by molar-refractivity contribution is 8.00. The first-order chi connectivity index (χ1) is 13.4. The molecule has 0 aliphatic heterocycles. The summed E-state index contributed by atoms with van der Waals surface area (Å²) >= 11 is 3.20. The Bertz CT molecular complexity index is 814. The lowest BCUT2D eigenvalue weighted by molar-refractivity contribution is -0.116. The Balaban J connectivity index is 1.67. The second-order valence-corrected chi connectivity index (χ2v) is 8.74. The number of carbonyl (C=O) groups excluding carboxylic acids is 2. The molecule has 0 fully saturated rings. The van der Waals surface area contributed by atoms with Gasteiger partial charge in [0.2, 0.25) is 11.8 Å². The van der Waals surface area contributed by atoms with Crippen molar-refractivity contribution < 1.29 is 9.59 Å². The topological polar surface area (TPSA) is 58.2 Å². The van der Waals surface area contributed by atoms with Gasteiger partial charge in [-0.2, -0.15) is 11.8 Å². The summed E-state index contributed by atoms with van der Waals surface area (Å²) in [5, 5.41) is 5.93. The Morgan fingerprint density at radius 1 is 0.964 bits per heavy atom. The lowest BCUT2D eigenvalue weighted by Crippen LogP contribution is -2.15. The van der Waals surface area contributed by atoms with Crippen LogP contribution < -0.4 is 10.6 Å². The normalized spacial score (nSPS) is 10.6. The third-order valence-electron chi connectivity index (χ3n) is 4.22. The van der Waals surface area contributed by atoms with Crippen LogP contribution in [0.1, 0.15) is 29.5 Å². The van der Waals surface area contributed by atoms with Crippen molar-refractivity contribution in [3.63, 3.8) is 0 Å². The average molecular weight is 417 g/mol. The second-order valence-electron chi connectivity index (χ2n) is 6.76. The van der Waals surface area contributed by atoms with Crippen molar-refractivity contribution in [3.05, 3.63) is 53.1 Å². The van der Waals surface area contributed by atoms with Crippen molar-refractivity contribution in [2.45, 2.75) is 38.5 Å². The van der Waals surface area contributed by atoms with Crippen LogP contribution in [0, 0.1) is 20.8 Å². The molecule has 0 atom stereocenters. The largest absolute Gasteiger partial charge is 0.326 e. The molecule has 0 aromatic heterocycles. The number of amides is 2. The first-order valence-corrected chi connectivity index (χ1v) is 11.7. The third kappa shape index (κ3) is 7.24. The highest BCUT2D eigenvalue weighted by Crippen LogP contribution is 2.22. The van der Waals surface area contributed by atoms with Crippen LogP contribution in [0.5, 0.6) is 0 Å². The molecule has 0 saturated carbocycles. The minimum Gasteiger partial charge on any atom is -0.326 e. The molecule has 0 saturated heterocycles. The molecule has 6 heteroatoms. The van der Waals surface area contributed by atoms with Crippen LogP contribution in [0.25, 0.3) is 0 Å². The maximum atomic E-state index is 12.2. The van der Waals surface area contributed by atoms with Crippen LogP contribution in [-0.2, 0) is 9.59 Å². The second kappa shape index (κ2) is 11.2. The molecular formula is C22H28N2O2S2. The monoisotopic (exact) mass is 416 g/mol. The molecule has 2 amide bonds. The first-order valence-electron chi connectivity index (χ1n) is 9.28. The van der Waals surface area contributed by atoms with Crippen LogP contribution in [0.15, 0.2) is 41.3 Å². The molecule has 2 rings (SSSR count). The summed E-state index contributed by atoms with van der Waals surface area (Å²) in [7, 11) is 0. The molecule has 0 radical (unpaired) electrons. The fourth-order valence-electron chi connectivity index (χ4n) is 2.98. The highest BCUT2D eigenvalue weighted by atomic mass is 32.2. The van der Waals surface area contributed by atoms with E-state index in [-0.39, 0.29) is 11.8 Å². The van der Waals surface area contributed by atoms with E-state index < -0.39 is 0 Å². The van der Waals surface area contributed by atoms with E-state index >= 15 is 0 Å². The van der Waals surface area contributed by atoms with Gasteiger partial charge in [0.1, 0.15) is 0 Å². The number of hydrogen-bond donors (Lipinski definition) is 2. The SMILES string of the molecule is CSc1cccc(NC(=O)CSCCCC(=O)Nc2c(C)cc(C)cc2C)c1. The van der Waals surface area contributed by atoms with Crippen molar-refractivity contribution in [1.29, 1.82) is 0 Å². The van der Waals surface area contributed by atoms with Gasteiger partial charge in [-0.05, 0) is 68.5 Å². The molecular weight excluding hydrogens is 388 g/mol. The molecule has 4 nitrogen and oxygen atoms in total. The smallest absolute Gasteiger partial charge is 0.234 e. The van der Waals surface area contributed by atoms with E-state index in [0.717, 1.165) is 39.6 Å². The Kier molecular flexibility index (Phi) is 8.93. The number of anilines is 2. The molecule has 2 aromatic carbocycles. The number of aryl methyl sites for hydroxylation is 3. The Hall–Kier alpha value is -1.92. The van der Waals surface area contributed by atoms with Gasteiger partial charge in [-0.15, -0.1) is 11.8 Å². The van der Waals surface area contributed by atoms with E-state index in [2.05, 4.69) is 29.7 Å². The number of hydrogen-bond acceptors (Lipinski definition) is 4. The number of benzene rings is 2. The molecule has 0 unspecified atom stereocenters. The van der Waals surface area contributed by atoms with E-state index in [0.29, 0.717) is 12.2 Å². The van der Waals surface area contributed by atoms with Crippen LogP contribution in [0.4, 0.5) is 11.4 Å². The van der Waals surface area contributed by atoms with Gasteiger partial charge in [0.05, 0.1) is 5.75 Å².